The Morgan fingerprint density at radius 1 is 1.06 bits per heavy atom. The van der Waals surface area contributed by atoms with Gasteiger partial charge in [-0.25, -0.2) is 0 Å². The van der Waals surface area contributed by atoms with Gasteiger partial charge >= 0.3 is 12.4 Å². The molecule has 2 rings (SSSR count). The van der Waals surface area contributed by atoms with Crippen molar-refractivity contribution in [2.75, 3.05) is 0 Å². The molecule has 2 atom stereocenters. The summed E-state index contributed by atoms with van der Waals surface area (Å²) in [5.74, 6) is -3.28. The lowest BCUT2D eigenvalue weighted by Gasteiger charge is -2.19. The molecule has 0 bridgehead atoms. The Kier molecular flexibility index (Phi) is 8.73. The molecule has 0 radical (unpaired) electrons. The molecule has 1 amide bonds. The molecule has 2 aromatic carbocycles. The Morgan fingerprint density at radius 3 is 2.12 bits per heavy atom. The van der Waals surface area contributed by atoms with Crippen molar-refractivity contribution in [3.8, 4) is 0 Å². The summed E-state index contributed by atoms with van der Waals surface area (Å²) in [7, 11) is 0. The minimum absolute atomic E-state index is 0.126. The van der Waals surface area contributed by atoms with Crippen LogP contribution < -0.4 is 11.1 Å². The third-order valence-corrected chi connectivity index (χ3v) is 5.75. The number of benzene rings is 2. The zero-order valence-electron chi connectivity index (χ0n) is 16.8. The lowest BCUT2D eigenvalue weighted by atomic mass is 9.96. The number of hydrogen-bond acceptors (Lipinski definition) is 2. The number of nitrogens with one attached hydrogen (secondary N) is 1. The monoisotopic (exact) mass is 532 g/mol. The summed E-state index contributed by atoms with van der Waals surface area (Å²) in [6, 6.07) is 4.50. The van der Waals surface area contributed by atoms with E-state index < -0.39 is 41.5 Å². The summed E-state index contributed by atoms with van der Waals surface area (Å²) < 4.78 is 81.5. The quantitative estimate of drug-likeness (QED) is 0.230. The normalized spacial score (nSPS) is 14.4. The fourth-order valence-corrected chi connectivity index (χ4v) is 3.43. The number of rotatable bonds is 6. The third kappa shape index (κ3) is 7.02. The first-order valence-corrected chi connectivity index (χ1v) is 10.5. The highest BCUT2D eigenvalue weighted by molar-refractivity contribution is 6.48. The fraction of sp³-hybridized carbons (Fsp3) is 0.286. The predicted octanol–water partition coefficient (Wildman–Crippen LogP) is 7.45. The molecule has 2 aromatic rings. The molecule has 0 aliphatic rings. The molecule has 0 saturated carbocycles. The van der Waals surface area contributed by atoms with Crippen molar-refractivity contribution in [1.82, 2.24) is 5.32 Å². The molecule has 3 N–H and O–H groups in total. The first-order valence-electron chi connectivity index (χ1n) is 9.32. The Bertz CT molecular complexity index is 1030. The number of amides is 1. The maximum atomic E-state index is 13.7. The summed E-state index contributed by atoms with van der Waals surface area (Å²) in [4.78, 5) is 12.2. The zero-order valence-corrected chi connectivity index (χ0v) is 19.1. The van der Waals surface area contributed by atoms with E-state index in [2.05, 4.69) is 5.32 Å². The van der Waals surface area contributed by atoms with Gasteiger partial charge in [0.15, 0.2) is 0 Å². The standard InChI is InChI=1S/C21H17Cl3F6N2O/c1-2-17(31)32-19(33)12-5-3-10(7-14(12)21(28,29)30)4-6-13(20(25,26)27)11-8-15(22)18(24)16(23)9-11/h3-9,13,17H,2,31H2,1H3,(H,32,33)/t13?,17-/m1/s1. The van der Waals surface area contributed by atoms with Crippen LogP contribution in [0.2, 0.25) is 15.1 Å². The van der Waals surface area contributed by atoms with Crippen molar-refractivity contribution in [2.24, 2.45) is 5.73 Å². The minimum atomic E-state index is -4.94. The van der Waals surface area contributed by atoms with E-state index in [1.165, 1.54) is 0 Å². The largest absolute Gasteiger partial charge is 0.417 e. The molecule has 1 unspecified atom stereocenters. The maximum Gasteiger partial charge on any atom is 0.417 e. The Hall–Kier alpha value is -1.94. The number of allylic oxidation sites excluding steroid dienone is 1. The molecule has 0 aromatic heterocycles. The van der Waals surface area contributed by atoms with Crippen LogP contribution in [-0.2, 0) is 6.18 Å². The van der Waals surface area contributed by atoms with Crippen LogP contribution in [0, 0.1) is 0 Å². The highest BCUT2D eigenvalue weighted by atomic mass is 35.5. The van der Waals surface area contributed by atoms with Gasteiger partial charge in [-0.15, -0.1) is 0 Å². The molecule has 0 saturated heterocycles. The fourth-order valence-electron chi connectivity index (χ4n) is 2.82. The second-order valence-corrected chi connectivity index (χ2v) is 8.16. The van der Waals surface area contributed by atoms with Gasteiger partial charge in [0.25, 0.3) is 5.91 Å². The minimum Gasteiger partial charge on any atom is -0.337 e. The van der Waals surface area contributed by atoms with Gasteiger partial charge in [0.2, 0.25) is 0 Å². The summed E-state index contributed by atoms with van der Waals surface area (Å²) >= 11 is 17.4. The van der Waals surface area contributed by atoms with Crippen LogP contribution in [0.3, 0.4) is 0 Å². The van der Waals surface area contributed by atoms with Crippen LogP contribution in [0.15, 0.2) is 36.4 Å². The number of nitrogens with two attached hydrogens (primary N) is 1. The molecule has 3 nitrogen and oxygen atoms in total. The van der Waals surface area contributed by atoms with Gasteiger partial charge in [-0.3, -0.25) is 4.79 Å². The maximum absolute atomic E-state index is 13.7. The van der Waals surface area contributed by atoms with Crippen LogP contribution in [-0.4, -0.2) is 18.2 Å². The first-order chi connectivity index (χ1) is 15.1. The van der Waals surface area contributed by atoms with Gasteiger partial charge in [-0.2, -0.15) is 26.3 Å². The predicted molar refractivity (Wildman–Crippen MR) is 116 cm³/mol. The van der Waals surface area contributed by atoms with Crippen molar-refractivity contribution in [2.45, 2.75) is 37.8 Å². The molecule has 0 spiro atoms. The topological polar surface area (TPSA) is 55.1 Å². The molecular weight excluding hydrogens is 517 g/mol. The van der Waals surface area contributed by atoms with E-state index in [0.29, 0.717) is 12.1 Å². The zero-order chi connectivity index (χ0) is 25.1. The van der Waals surface area contributed by atoms with E-state index in [9.17, 15) is 31.1 Å². The lowest BCUT2D eigenvalue weighted by molar-refractivity contribution is -0.139. The van der Waals surface area contributed by atoms with E-state index in [-0.39, 0.29) is 32.6 Å². The molecule has 0 aliphatic heterocycles. The van der Waals surface area contributed by atoms with Crippen LogP contribution in [0.5, 0.6) is 0 Å². The number of carbonyl (C=O) groups is 1. The smallest absolute Gasteiger partial charge is 0.337 e. The lowest BCUT2D eigenvalue weighted by Crippen LogP contribution is -2.41. The SMILES string of the molecule is CC[C@H](N)NC(=O)c1ccc(C=CC(c2cc(Cl)c(Cl)c(Cl)c2)C(F)(F)F)cc1C(F)(F)F. The summed E-state index contributed by atoms with van der Waals surface area (Å²) in [5, 5.41) is 1.68. The third-order valence-electron chi connectivity index (χ3n) is 4.55. The molecule has 0 aliphatic carbocycles. The van der Waals surface area contributed by atoms with E-state index in [4.69, 9.17) is 40.5 Å². The van der Waals surface area contributed by atoms with Gasteiger partial charge in [0.05, 0.1) is 38.3 Å². The Morgan fingerprint density at radius 2 is 1.64 bits per heavy atom. The van der Waals surface area contributed by atoms with Crippen molar-refractivity contribution >= 4 is 46.8 Å². The summed E-state index contributed by atoms with van der Waals surface area (Å²) in [5.41, 5.74) is 2.98. The van der Waals surface area contributed by atoms with Gasteiger partial charge in [-0.1, -0.05) is 59.9 Å². The highest BCUT2D eigenvalue weighted by Gasteiger charge is 2.40. The molecule has 12 heteroatoms. The average Bonchev–Trinajstić information content (AvgIpc) is 2.70. The van der Waals surface area contributed by atoms with Gasteiger partial charge < -0.3 is 11.1 Å². The van der Waals surface area contributed by atoms with Crippen molar-refractivity contribution < 1.29 is 31.1 Å². The summed E-state index contributed by atoms with van der Waals surface area (Å²) in [6.07, 6.45) is -8.79. The number of alkyl halides is 6. The van der Waals surface area contributed by atoms with E-state index >= 15 is 0 Å². The first kappa shape index (κ1) is 27.3. The van der Waals surface area contributed by atoms with E-state index in [1.54, 1.807) is 6.92 Å². The van der Waals surface area contributed by atoms with Crippen molar-refractivity contribution in [3.63, 3.8) is 0 Å². The van der Waals surface area contributed by atoms with Crippen LogP contribution >= 0.6 is 34.8 Å². The number of carbonyl (C=O) groups excluding carboxylic acids is 1. The van der Waals surface area contributed by atoms with Crippen molar-refractivity contribution in [3.05, 3.63) is 73.7 Å². The van der Waals surface area contributed by atoms with E-state index in [1.807, 2.05) is 0 Å². The molecule has 180 valence electrons. The molecule has 33 heavy (non-hydrogen) atoms. The number of halogens is 9. The van der Waals surface area contributed by atoms with Crippen LogP contribution in [0.1, 0.15) is 46.3 Å². The Labute approximate surface area is 200 Å². The second kappa shape index (κ2) is 10.5. The average molecular weight is 534 g/mol. The number of hydrogen-bond donors (Lipinski definition) is 2. The summed E-state index contributed by atoms with van der Waals surface area (Å²) in [6.45, 7) is 1.63. The van der Waals surface area contributed by atoms with Crippen molar-refractivity contribution in [1.29, 1.82) is 0 Å². The van der Waals surface area contributed by atoms with E-state index in [0.717, 1.165) is 30.3 Å². The van der Waals surface area contributed by atoms with Gasteiger partial charge in [-0.05, 0) is 41.8 Å². The second-order valence-electron chi connectivity index (χ2n) is 6.97. The van der Waals surface area contributed by atoms with Gasteiger partial charge in [0.1, 0.15) is 0 Å². The van der Waals surface area contributed by atoms with Crippen LogP contribution in [0.4, 0.5) is 26.3 Å². The van der Waals surface area contributed by atoms with Crippen LogP contribution in [0.25, 0.3) is 6.08 Å². The molecular formula is C21H17Cl3F6N2O. The molecule has 0 fully saturated rings. The Balaban J connectivity index is 2.49. The highest BCUT2D eigenvalue weighted by Crippen LogP contribution is 2.41. The van der Waals surface area contributed by atoms with Gasteiger partial charge in [0, 0.05) is 0 Å². The molecule has 0 heterocycles.